The molecule has 0 bridgehead atoms. The molecule has 0 spiro atoms. The molecule has 2 aromatic heterocycles. The first-order valence-electron chi connectivity index (χ1n) is 8.49. The van der Waals surface area contributed by atoms with Crippen molar-refractivity contribution in [1.82, 2.24) is 15.0 Å². The minimum absolute atomic E-state index is 0.112. The molecule has 132 valence electrons. The zero-order valence-electron chi connectivity index (χ0n) is 14.2. The van der Waals surface area contributed by atoms with Crippen molar-refractivity contribution in [2.24, 2.45) is 0 Å². The average Bonchev–Trinajstić information content (AvgIpc) is 3.28. The number of aromatic nitrogens is 2. The molecule has 1 N–H and O–H groups in total. The summed E-state index contributed by atoms with van der Waals surface area (Å²) in [6, 6.07) is 3.78. The number of ether oxygens (including phenoxy) is 1. The van der Waals surface area contributed by atoms with Crippen LogP contribution in [0.15, 0.2) is 27.3 Å². The minimum atomic E-state index is -0.558. The Morgan fingerprint density at radius 3 is 3.04 bits per heavy atom. The number of aliphatic hydroxyl groups excluding tert-OH is 1. The van der Waals surface area contributed by atoms with Crippen molar-refractivity contribution >= 4 is 0 Å². The SMILES string of the molecule is CC(C)c1nc([C@H]2CCCN2C[C@H](O)COCc2ccco2)no1. The van der Waals surface area contributed by atoms with Gasteiger partial charge in [0.15, 0.2) is 5.82 Å². The van der Waals surface area contributed by atoms with Crippen molar-refractivity contribution in [3.63, 3.8) is 0 Å². The molecule has 7 nitrogen and oxygen atoms in total. The molecular weight excluding hydrogens is 310 g/mol. The van der Waals surface area contributed by atoms with E-state index in [0.29, 0.717) is 19.0 Å². The van der Waals surface area contributed by atoms with Gasteiger partial charge in [-0.3, -0.25) is 4.90 Å². The lowest BCUT2D eigenvalue weighted by molar-refractivity contribution is 0.00252. The van der Waals surface area contributed by atoms with Crippen molar-refractivity contribution < 1.29 is 18.8 Å². The summed E-state index contributed by atoms with van der Waals surface area (Å²) >= 11 is 0. The molecule has 2 atom stereocenters. The molecule has 0 aliphatic carbocycles. The summed E-state index contributed by atoms with van der Waals surface area (Å²) in [5.74, 6) is 2.37. The van der Waals surface area contributed by atoms with E-state index in [9.17, 15) is 5.11 Å². The Hall–Kier alpha value is -1.70. The van der Waals surface area contributed by atoms with Gasteiger partial charge in [0.2, 0.25) is 5.89 Å². The molecule has 1 saturated heterocycles. The van der Waals surface area contributed by atoms with Crippen molar-refractivity contribution in [3.05, 3.63) is 35.9 Å². The number of β-amino-alcohol motifs (C(OH)–C–C–N with tert-alkyl or cyclic N) is 1. The van der Waals surface area contributed by atoms with E-state index in [1.165, 1.54) is 0 Å². The number of hydrogen-bond donors (Lipinski definition) is 1. The second-order valence-corrected chi connectivity index (χ2v) is 6.55. The van der Waals surface area contributed by atoms with Gasteiger partial charge >= 0.3 is 0 Å². The van der Waals surface area contributed by atoms with Gasteiger partial charge in [-0.25, -0.2) is 0 Å². The fraction of sp³-hybridized carbons (Fsp3) is 0.647. The van der Waals surface area contributed by atoms with Crippen LogP contribution in [0.4, 0.5) is 0 Å². The van der Waals surface area contributed by atoms with Crippen molar-refractivity contribution in [3.8, 4) is 0 Å². The number of hydrogen-bond acceptors (Lipinski definition) is 7. The maximum atomic E-state index is 10.2. The molecule has 1 fully saturated rings. The maximum absolute atomic E-state index is 10.2. The van der Waals surface area contributed by atoms with Crippen LogP contribution in [0.5, 0.6) is 0 Å². The summed E-state index contributed by atoms with van der Waals surface area (Å²) in [6.07, 6.45) is 3.10. The molecule has 0 radical (unpaired) electrons. The predicted molar refractivity (Wildman–Crippen MR) is 86.3 cm³/mol. The first-order chi connectivity index (χ1) is 11.6. The second-order valence-electron chi connectivity index (χ2n) is 6.55. The van der Waals surface area contributed by atoms with Gasteiger partial charge in [0.05, 0.1) is 25.0 Å². The van der Waals surface area contributed by atoms with Gasteiger partial charge in [0.1, 0.15) is 12.4 Å². The molecule has 0 aromatic carbocycles. The first-order valence-corrected chi connectivity index (χ1v) is 8.49. The Morgan fingerprint density at radius 2 is 2.33 bits per heavy atom. The van der Waals surface area contributed by atoms with Crippen LogP contribution in [0.3, 0.4) is 0 Å². The highest BCUT2D eigenvalue weighted by Crippen LogP contribution is 2.30. The quantitative estimate of drug-likeness (QED) is 0.793. The van der Waals surface area contributed by atoms with E-state index in [-0.39, 0.29) is 18.6 Å². The summed E-state index contributed by atoms with van der Waals surface area (Å²) in [5.41, 5.74) is 0. The van der Waals surface area contributed by atoms with E-state index in [2.05, 4.69) is 15.0 Å². The fourth-order valence-electron chi connectivity index (χ4n) is 2.97. The largest absolute Gasteiger partial charge is 0.467 e. The topological polar surface area (TPSA) is 84.8 Å². The summed E-state index contributed by atoms with van der Waals surface area (Å²) < 4.78 is 16.0. The van der Waals surface area contributed by atoms with Gasteiger partial charge in [-0.2, -0.15) is 4.98 Å². The van der Waals surface area contributed by atoms with Gasteiger partial charge in [-0.15, -0.1) is 0 Å². The third-order valence-corrected chi connectivity index (χ3v) is 4.19. The lowest BCUT2D eigenvalue weighted by Crippen LogP contribution is -2.35. The van der Waals surface area contributed by atoms with Crippen LogP contribution >= 0.6 is 0 Å². The lowest BCUT2D eigenvalue weighted by atomic mass is 10.2. The van der Waals surface area contributed by atoms with Gasteiger partial charge in [-0.1, -0.05) is 19.0 Å². The standard InChI is InChI=1S/C17H25N3O4/c1-12(2)17-18-16(19-24-17)15-6-3-7-20(15)9-13(21)10-22-11-14-5-4-8-23-14/h4-5,8,12-13,15,21H,3,6-7,9-11H2,1-2H3/t13-,15+/m0/s1. The fourth-order valence-corrected chi connectivity index (χ4v) is 2.97. The second kappa shape index (κ2) is 7.92. The summed E-state index contributed by atoms with van der Waals surface area (Å²) in [4.78, 5) is 6.70. The van der Waals surface area contributed by atoms with Crippen LogP contribution in [0.1, 0.15) is 56.1 Å². The smallest absolute Gasteiger partial charge is 0.229 e. The third-order valence-electron chi connectivity index (χ3n) is 4.19. The van der Waals surface area contributed by atoms with Crippen molar-refractivity contribution in [2.45, 2.75) is 51.4 Å². The molecule has 7 heteroatoms. The molecule has 1 aliphatic heterocycles. The molecule has 0 unspecified atom stereocenters. The summed E-state index contributed by atoms with van der Waals surface area (Å²) in [7, 11) is 0. The van der Waals surface area contributed by atoms with Crippen LogP contribution in [-0.4, -0.2) is 45.9 Å². The zero-order valence-corrected chi connectivity index (χ0v) is 14.2. The number of rotatable bonds is 8. The number of aliphatic hydroxyl groups is 1. The van der Waals surface area contributed by atoms with E-state index >= 15 is 0 Å². The van der Waals surface area contributed by atoms with E-state index in [1.54, 1.807) is 6.26 Å². The van der Waals surface area contributed by atoms with Gasteiger partial charge in [0, 0.05) is 12.5 Å². The molecule has 0 amide bonds. The van der Waals surface area contributed by atoms with Crippen LogP contribution < -0.4 is 0 Å². The molecule has 24 heavy (non-hydrogen) atoms. The van der Waals surface area contributed by atoms with E-state index in [0.717, 1.165) is 31.0 Å². The minimum Gasteiger partial charge on any atom is -0.467 e. The molecule has 1 aliphatic rings. The number of likely N-dealkylation sites (tertiary alicyclic amines) is 1. The van der Waals surface area contributed by atoms with Gasteiger partial charge in [0.25, 0.3) is 0 Å². The van der Waals surface area contributed by atoms with Gasteiger partial charge in [-0.05, 0) is 31.5 Å². The van der Waals surface area contributed by atoms with Crippen LogP contribution in [0, 0.1) is 0 Å². The highest BCUT2D eigenvalue weighted by molar-refractivity contribution is 5.00. The van der Waals surface area contributed by atoms with Crippen LogP contribution in [-0.2, 0) is 11.3 Å². The molecular formula is C17H25N3O4. The number of furan rings is 1. The summed E-state index contributed by atoms with van der Waals surface area (Å²) in [5, 5.41) is 14.4. The van der Waals surface area contributed by atoms with Gasteiger partial charge < -0.3 is 18.8 Å². The van der Waals surface area contributed by atoms with E-state index < -0.39 is 6.10 Å². The molecule has 3 rings (SSSR count). The van der Waals surface area contributed by atoms with E-state index in [1.807, 2.05) is 26.0 Å². The highest BCUT2D eigenvalue weighted by atomic mass is 16.5. The molecule has 3 heterocycles. The van der Waals surface area contributed by atoms with Crippen molar-refractivity contribution in [2.75, 3.05) is 19.7 Å². The Bertz CT molecular complexity index is 611. The zero-order chi connectivity index (χ0) is 16.9. The van der Waals surface area contributed by atoms with Crippen molar-refractivity contribution in [1.29, 1.82) is 0 Å². The maximum Gasteiger partial charge on any atom is 0.229 e. The Morgan fingerprint density at radius 1 is 1.46 bits per heavy atom. The van der Waals surface area contributed by atoms with E-state index in [4.69, 9.17) is 13.7 Å². The summed E-state index contributed by atoms with van der Waals surface area (Å²) in [6.45, 7) is 6.16. The normalized spacial score (nSPS) is 20.1. The Kier molecular flexibility index (Phi) is 5.65. The molecule has 0 saturated carbocycles. The Balaban J connectivity index is 1.49. The Labute approximate surface area is 141 Å². The predicted octanol–water partition coefficient (Wildman–Crippen LogP) is 2.50. The van der Waals surface area contributed by atoms with Crippen LogP contribution in [0.25, 0.3) is 0 Å². The monoisotopic (exact) mass is 335 g/mol. The lowest BCUT2D eigenvalue weighted by Gasteiger charge is -2.24. The van der Waals surface area contributed by atoms with Crippen LogP contribution in [0.2, 0.25) is 0 Å². The molecule has 2 aromatic rings. The number of nitrogens with zero attached hydrogens (tertiary/aromatic N) is 3. The highest BCUT2D eigenvalue weighted by Gasteiger charge is 2.31. The third kappa shape index (κ3) is 4.23. The average molecular weight is 335 g/mol. The first kappa shape index (κ1) is 17.1.